The number of halogens is 1. The molecule has 0 radical (unpaired) electrons. The highest BCUT2D eigenvalue weighted by Crippen LogP contribution is 2.32. The Morgan fingerprint density at radius 1 is 1.35 bits per heavy atom. The van der Waals surface area contributed by atoms with Crippen molar-refractivity contribution in [1.29, 1.82) is 0 Å². The zero-order valence-corrected chi connectivity index (χ0v) is 14.8. The van der Waals surface area contributed by atoms with Gasteiger partial charge in [0.1, 0.15) is 5.69 Å². The molecule has 1 aliphatic carbocycles. The van der Waals surface area contributed by atoms with Crippen molar-refractivity contribution in [2.75, 3.05) is 6.54 Å². The van der Waals surface area contributed by atoms with Gasteiger partial charge in [-0.1, -0.05) is 11.6 Å². The van der Waals surface area contributed by atoms with Gasteiger partial charge in [0.15, 0.2) is 11.5 Å². The zero-order chi connectivity index (χ0) is 18.1. The van der Waals surface area contributed by atoms with Gasteiger partial charge in [0.2, 0.25) is 0 Å². The summed E-state index contributed by atoms with van der Waals surface area (Å²) in [5, 5.41) is 8.13. The van der Waals surface area contributed by atoms with Crippen LogP contribution in [0.25, 0.3) is 17.1 Å². The van der Waals surface area contributed by atoms with Gasteiger partial charge in [-0.15, -0.1) is 0 Å². The lowest BCUT2D eigenvalue weighted by molar-refractivity contribution is 0.0928. The van der Waals surface area contributed by atoms with Gasteiger partial charge in [-0.3, -0.25) is 4.79 Å². The van der Waals surface area contributed by atoms with E-state index in [1.54, 1.807) is 35.2 Å². The molecule has 6 nitrogen and oxygen atoms in total. The second kappa shape index (κ2) is 6.97. The van der Waals surface area contributed by atoms with Gasteiger partial charge < -0.3 is 15.5 Å². The zero-order valence-electron chi connectivity index (χ0n) is 14.1. The maximum Gasteiger partial charge on any atom is 0.272 e. The lowest BCUT2D eigenvalue weighted by atomic mass is 10.2. The second-order valence-electron chi connectivity index (χ2n) is 6.43. The van der Waals surface area contributed by atoms with E-state index >= 15 is 0 Å². The molecule has 1 saturated carbocycles. The Bertz CT molecular complexity index is 898. The largest absolute Gasteiger partial charge is 0.463 e. The van der Waals surface area contributed by atoms with Crippen molar-refractivity contribution in [1.82, 2.24) is 15.1 Å². The van der Waals surface area contributed by atoms with Crippen molar-refractivity contribution >= 4 is 17.5 Å². The molecule has 7 heteroatoms. The minimum atomic E-state index is -0.229. The lowest BCUT2D eigenvalue weighted by Gasteiger charge is -2.14. The predicted molar refractivity (Wildman–Crippen MR) is 99.3 cm³/mol. The number of hydrogen-bond acceptors (Lipinski definition) is 4. The molecule has 1 aromatic carbocycles. The second-order valence-corrected chi connectivity index (χ2v) is 6.87. The molecule has 0 spiro atoms. The number of carbonyl (C=O) groups is 1. The highest BCUT2D eigenvalue weighted by atomic mass is 35.5. The average molecular weight is 371 g/mol. The Morgan fingerprint density at radius 3 is 2.73 bits per heavy atom. The lowest BCUT2D eigenvalue weighted by Crippen LogP contribution is -2.41. The van der Waals surface area contributed by atoms with Crippen molar-refractivity contribution in [2.45, 2.75) is 18.9 Å². The molecule has 3 N–H and O–H groups in total. The summed E-state index contributed by atoms with van der Waals surface area (Å²) < 4.78 is 7.19. The van der Waals surface area contributed by atoms with Gasteiger partial charge in [-0.2, -0.15) is 5.10 Å². The Balaban J connectivity index is 1.69. The molecule has 2 aromatic heterocycles. The Labute approximate surface area is 155 Å². The topological polar surface area (TPSA) is 86.1 Å². The van der Waals surface area contributed by atoms with Gasteiger partial charge in [0.05, 0.1) is 12.0 Å². The quantitative estimate of drug-likeness (QED) is 0.697. The van der Waals surface area contributed by atoms with Crippen molar-refractivity contribution in [2.24, 2.45) is 11.7 Å². The summed E-state index contributed by atoms with van der Waals surface area (Å²) in [6.45, 7) is 0.430. The maximum atomic E-state index is 12.7. The first kappa shape index (κ1) is 16.9. The normalized spacial score (nSPS) is 15.0. The van der Waals surface area contributed by atoms with E-state index in [2.05, 4.69) is 10.4 Å². The Morgan fingerprint density at radius 2 is 2.12 bits per heavy atom. The summed E-state index contributed by atoms with van der Waals surface area (Å²) in [6.07, 6.45) is 3.81. The van der Waals surface area contributed by atoms with Crippen molar-refractivity contribution in [3.8, 4) is 17.1 Å². The molecule has 26 heavy (non-hydrogen) atoms. The molecule has 4 rings (SSSR count). The predicted octanol–water partition coefficient (Wildman–Crippen LogP) is 3.25. The highest BCUT2D eigenvalue weighted by Gasteiger charge is 2.32. The van der Waals surface area contributed by atoms with Crippen LogP contribution in [0.5, 0.6) is 0 Å². The molecule has 134 valence electrons. The van der Waals surface area contributed by atoms with Crippen LogP contribution in [0.2, 0.25) is 5.02 Å². The first-order chi connectivity index (χ1) is 12.7. The van der Waals surface area contributed by atoms with Crippen molar-refractivity contribution in [3.05, 3.63) is 59.4 Å². The fraction of sp³-hybridized carbons (Fsp3) is 0.263. The van der Waals surface area contributed by atoms with Crippen molar-refractivity contribution in [3.63, 3.8) is 0 Å². The molecule has 1 atom stereocenters. The van der Waals surface area contributed by atoms with E-state index in [4.69, 9.17) is 21.8 Å². The molecule has 3 aromatic rings. The summed E-state index contributed by atoms with van der Waals surface area (Å²) in [4.78, 5) is 12.7. The van der Waals surface area contributed by atoms with E-state index in [1.807, 2.05) is 18.2 Å². The molecule has 1 fully saturated rings. The Hall–Kier alpha value is -2.57. The monoisotopic (exact) mass is 370 g/mol. The number of furan rings is 1. The average Bonchev–Trinajstić information content (AvgIpc) is 3.17. The molecule has 1 unspecified atom stereocenters. The molecule has 1 aliphatic rings. The van der Waals surface area contributed by atoms with Gasteiger partial charge >= 0.3 is 0 Å². The minimum Gasteiger partial charge on any atom is -0.463 e. The van der Waals surface area contributed by atoms with Crippen LogP contribution >= 0.6 is 11.6 Å². The van der Waals surface area contributed by atoms with Crippen LogP contribution in [0, 0.1) is 5.92 Å². The van der Waals surface area contributed by atoms with Gasteiger partial charge in [-0.25, -0.2) is 4.68 Å². The first-order valence-corrected chi connectivity index (χ1v) is 8.94. The van der Waals surface area contributed by atoms with Crippen molar-refractivity contribution < 1.29 is 9.21 Å². The number of carbonyl (C=O) groups excluding carboxylic acids is 1. The number of aromatic nitrogens is 2. The summed E-state index contributed by atoms with van der Waals surface area (Å²) in [6, 6.07) is 12.6. The van der Waals surface area contributed by atoms with E-state index in [0.29, 0.717) is 34.6 Å². The van der Waals surface area contributed by atoms with Crippen LogP contribution in [-0.2, 0) is 0 Å². The molecular formula is C19H19ClN4O2. The van der Waals surface area contributed by atoms with E-state index < -0.39 is 0 Å². The van der Waals surface area contributed by atoms with Crippen LogP contribution in [0.4, 0.5) is 0 Å². The molecule has 2 heterocycles. The van der Waals surface area contributed by atoms with Gasteiger partial charge in [-0.05, 0) is 55.2 Å². The molecule has 0 saturated heterocycles. The van der Waals surface area contributed by atoms with Crippen LogP contribution in [0.15, 0.2) is 53.1 Å². The fourth-order valence-electron chi connectivity index (χ4n) is 2.98. The molecular weight excluding hydrogens is 352 g/mol. The number of rotatable bonds is 6. The SMILES string of the molecule is NCC(NC(=O)c1cc(-c2ccco2)n(-c2ccc(Cl)cc2)n1)C1CC1. The van der Waals surface area contributed by atoms with Crippen LogP contribution in [-0.4, -0.2) is 28.3 Å². The summed E-state index contributed by atoms with van der Waals surface area (Å²) in [7, 11) is 0. The summed E-state index contributed by atoms with van der Waals surface area (Å²) in [5.74, 6) is 0.879. The number of nitrogens with one attached hydrogen (secondary N) is 1. The van der Waals surface area contributed by atoms with E-state index in [0.717, 1.165) is 18.5 Å². The fourth-order valence-corrected chi connectivity index (χ4v) is 3.11. The number of hydrogen-bond donors (Lipinski definition) is 2. The Kier molecular flexibility index (Phi) is 4.53. The standard InChI is InChI=1S/C19H19ClN4O2/c20-13-5-7-14(8-6-13)24-17(18-2-1-9-26-18)10-15(23-24)19(25)22-16(11-21)12-3-4-12/h1-2,5-10,12,16H,3-4,11,21H2,(H,22,25). The van der Waals surface area contributed by atoms with Crippen LogP contribution in [0.3, 0.4) is 0 Å². The third-order valence-corrected chi connectivity index (χ3v) is 4.80. The maximum absolute atomic E-state index is 12.7. The summed E-state index contributed by atoms with van der Waals surface area (Å²) >= 11 is 5.98. The van der Waals surface area contributed by atoms with Crippen LogP contribution in [0.1, 0.15) is 23.3 Å². The van der Waals surface area contributed by atoms with Gasteiger partial charge in [0, 0.05) is 23.7 Å². The summed E-state index contributed by atoms with van der Waals surface area (Å²) in [5.41, 5.74) is 7.60. The van der Waals surface area contributed by atoms with E-state index in [-0.39, 0.29) is 11.9 Å². The van der Waals surface area contributed by atoms with E-state index in [1.165, 1.54) is 0 Å². The smallest absolute Gasteiger partial charge is 0.272 e. The number of amides is 1. The third kappa shape index (κ3) is 3.38. The number of nitrogens with two attached hydrogens (primary N) is 1. The highest BCUT2D eigenvalue weighted by molar-refractivity contribution is 6.30. The first-order valence-electron chi connectivity index (χ1n) is 8.56. The molecule has 0 bridgehead atoms. The number of benzene rings is 1. The van der Waals surface area contributed by atoms with Crippen LogP contribution < -0.4 is 11.1 Å². The van der Waals surface area contributed by atoms with E-state index in [9.17, 15) is 4.79 Å². The minimum absolute atomic E-state index is 0.00440. The molecule has 1 amide bonds. The van der Waals surface area contributed by atoms with Gasteiger partial charge in [0.25, 0.3) is 5.91 Å². The molecule has 0 aliphatic heterocycles. The third-order valence-electron chi connectivity index (χ3n) is 4.55. The number of nitrogens with zero attached hydrogens (tertiary/aromatic N) is 2.